The molecule has 1 aliphatic heterocycles. The molecule has 1 fully saturated rings. The second-order valence-electron chi connectivity index (χ2n) is 7.31. The zero-order valence-electron chi connectivity index (χ0n) is 16.7. The number of anilines is 2. The first kappa shape index (κ1) is 20.8. The molecule has 31 heavy (non-hydrogen) atoms. The standard InChI is InChI=1S/C24H21F3N2O2/c25-24(26,27)18-8-11-21(29-14-4-5-15-29)20(16-18)28-23(30)13-10-19-9-12-22(31-19)17-6-2-1-3-7-17/h1-3,6-13,16H,4-5,14-15H2,(H,28,30). The normalized spacial score (nSPS) is 14.4. The van der Waals surface area contributed by atoms with Crippen molar-refractivity contribution in [3.63, 3.8) is 0 Å². The highest BCUT2D eigenvalue weighted by molar-refractivity contribution is 6.03. The van der Waals surface area contributed by atoms with Crippen molar-refractivity contribution in [3.05, 3.63) is 78.1 Å². The van der Waals surface area contributed by atoms with Crippen LogP contribution >= 0.6 is 0 Å². The monoisotopic (exact) mass is 426 g/mol. The van der Waals surface area contributed by atoms with Crippen molar-refractivity contribution in [2.45, 2.75) is 19.0 Å². The average molecular weight is 426 g/mol. The molecule has 1 saturated heterocycles. The number of alkyl halides is 3. The van der Waals surface area contributed by atoms with Crippen LogP contribution in [0.15, 0.2) is 71.2 Å². The van der Waals surface area contributed by atoms with Gasteiger partial charge in [0.2, 0.25) is 5.91 Å². The van der Waals surface area contributed by atoms with E-state index in [1.807, 2.05) is 35.2 Å². The maximum atomic E-state index is 13.2. The molecule has 1 amide bonds. The van der Waals surface area contributed by atoms with E-state index in [0.29, 0.717) is 17.2 Å². The smallest absolute Gasteiger partial charge is 0.416 e. The van der Waals surface area contributed by atoms with E-state index in [1.54, 1.807) is 12.1 Å². The Hall–Kier alpha value is -3.48. The van der Waals surface area contributed by atoms with E-state index < -0.39 is 17.6 Å². The molecule has 0 bridgehead atoms. The first-order valence-electron chi connectivity index (χ1n) is 10.0. The van der Waals surface area contributed by atoms with Gasteiger partial charge < -0.3 is 14.6 Å². The lowest BCUT2D eigenvalue weighted by molar-refractivity contribution is -0.137. The molecule has 0 aliphatic carbocycles. The van der Waals surface area contributed by atoms with Crippen molar-refractivity contribution in [3.8, 4) is 11.3 Å². The number of hydrogen-bond acceptors (Lipinski definition) is 3. The summed E-state index contributed by atoms with van der Waals surface area (Å²) in [6.07, 6.45) is 0.195. The maximum Gasteiger partial charge on any atom is 0.416 e. The van der Waals surface area contributed by atoms with Gasteiger partial charge in [0.15, 0.2) is 0 Å². The van der Waals surface area contributed by atoms with E-state index in [2.05, 4.69) is 5.32 Å². The molecule has 0 spiro atoms. The number of amides is 1. The summed E-state index contributed by atoms with van der Waals surface area (Å²) in [6.45, 7) is 1.50. The van der Waals surface area contributed by atoms with Gasteiger partial charge in [-0.3, -0.25) is 4.79 Å². The Bertz CT molecular complexity index is 1080. The molecule has 0 unspecified atom stereocenters. The van der Waals surface area contributed by atoms with E-state index in [9.17, 15) is 18.0 Å². The minimum Gasteiger partial charge on any atom is -0.457 e. The molecule has 160 valence electrons. The van der Waals surface area contributed by atoms with Gasteiger partial charge in [0.25, 0.3) is 0 Å². The number of halogens is 3. The maximum absolute atomic E-state index is 13.2. The van der Waals surface area contributed by atoms with Gasteiger partial charge in [0.05, 0.1) is 16.9 Å². The minimum absolute atomic E-state index is 0.149. The molecule has 0 saturated carbocycles. The van der Waals surface area contributed by atoms with E-state index in [0.717, 1.165) is 43.6 Å². The lowest BCUT2D eigenvalue weighted by Gasteiger charge is -2.22. The molecular weight excluding hydrogens is 405 g/mol. The first-order valence-corrected chi connectivity index (χ1v) is 10.0. The molecular formula is C24H21F3N2O2. The predicted octanol–water partition coefficient (Wildman–Crippen LogP) is 6.22. The van der Waals surface area contributed by atoms with Crippen molar-refractivity contribution in [2.75, 3.05) is 23.3 Å². The fourth-order valence-electron chi connectivity index (χ4n) is 3.58. The third kappa shape index (κ3) is 4.99. The van der Waals surface area contributed by atoms with Crippen molar-refractivity contribution in [2.24, 2.45) is 0 Å². The molecule has 2 aromatic carbocycles. The van der Waals surface area contributed by atoms with Crippen LogP contribution in [0.3, 0.4) is 0 Å². The van der Waals surface area contributed by atoms with Gasteiger partial charge in [-0.25, -0.2) is 0 Å². The summed E-state index contributed by atoms with van der Waals surface area (Å²) in [5.74, 6) is 0.602. The molecule has 2 heterocycles. The zero-order chi connectivity index (χ0) is 21.8. The summed E-state index contributed by atoms with van der Waals surface area (Å²) in [4.78, 5) is 14.4. The largest absolute Gasteiger partial charge is 0.457 e. The predicted molar refractivity (Wildman–Crippen MR) is 115 cm³/mol. The Labute approximate surface area is 178 Å². The number of rotatable bonds is 5. The van der Waals surface area contributed by atoms with Gasteiger partial charge in [-0.05, 0) is 49.2 Å². The number of nitrogens with one attached hydrogen (secondary N) is 1. The molecule has 0 atom stereocenters. The van der Waals surface area contributed by atoms with Crippen LogP contribution in [0.25, 0.3) is 17.4 Å². The van der Waals surface area contributed by atoms with Crippen LogP contribution in [0.1, 0.15) is 24.2 Å². The van der Waals surface area contributed by atoms with Crippen LogP contribution in [0.4, 0.5) is 24.5 Å². The molecule has 7 heteroatoms. The second-order valence-corrected chi connectivity index (χ2v) is 7.31. The zero-order valence-corrected chi connectivity index (χ0v) is 16.7. The van der Waals surface area contributed by atoms with Gasteiger partial charge in [-0.1, -0.05) is 30.3 Å². The summed E-state index contributed by atoms with van der Waals surface area (Å²) >= 11 is 0. The van der Waals surface area contributed by atoms with Gasteiger partial charge in [-0.2, -0.15) is 13.2 Å². The van der Waals surface area contributed by atoms with Crippen LogP contribution in [0.2, 0.25) is 0 Å². The fourth-order valence-corrected chi connectivity index (χ4v) is 3.58. The number of benzene rings is 2. The van der Waals surface area contributed by atoms with Crippen LogP contribution in [-0.2, 0) is 11.0 Å². The second kappa shape index (κ2) is 8.71. The SMILES string of the molecule is O=C(C=Cc1ccc(-c2ccccc2)o1)Nc1cc(C(F)(F)F)ccc1N1CCCC1. The lowest BCUT2D eigenvalue weighted by Crippen LogP contribution is -2.21. The Balaban J connectivity index is 1.51. The van der Waals surface area contributed by atoms with Crippen molar-refractivity contribution >= 4 is 23.4 Å². The number of carbonyl (C=O) groups excluding carboxylic acids is 1. The number of carbonyl (C=O) groups is 1. The molecule has 4 rings (SSSR count). The molecule has 1 aromatic heterocycles. The molecule has 1 aliphatic rings. The molecule has 4 nitrogen and oxygen atoms in total. The Morgan fingerprint density at radius 2 is 1.74 bits per heavy atom. The van der Waals surface area contributed by atoms with Crippen LogP contribution in [0.5, 0.6) is 0 Å². The van der Waals surface area contributed by atoms with E-state index in [4.69, 9.17) is 4.42 Å². The number of nitrogens with zero attached hydrogens (tertiary/aromatic N) is 1. The van der Waals surface area contributed by atoms with Crippen molar-refractivity contribution in [1.29, 1.82) is 0 Å². The highest BCUT2D eigenvalue weighted by atomic mass is 19.4. The number of furan rings is 1. The van der Waals surface area contributed by atoms with Gasteiger partial charge in [-0.15, -0.1) is 0 Å². The Morgan fingerprint density at radius 1 is 1.00 bits per heavy atom. The quantitative estimate of drug-likeness (QED) is 0.493. The van der Waals surface area contributed by atoms with Crippen LogP contribution < -0.4 is 10.2 Å². The van der Waals surface area contributed by atoms with Gasteiger partial charge in [0.1, 0.15) is 11.5 Å². The molecule has 3 aromatic rings. The van der Waals surface area contributed by atoms with Crippen LogP contribution in [0, 0.1) is 0 Å². The molecule has 0 radical (unpaired) electrons. The molecule has 1 N–H and O–H groups in total. The summed E-state index contributed by atoms with van der Waals surface area (Å²) in [6, 6.07) is 16.5. The summed E-state index contributed by atoms with van der Waals surface area (Å²) in [5, 5.41) is 2.60. The first-order chi connectivity index (χ1) is 14.9. The topological polar surface area (TPSA) is 45.5 Å². The summed E-state index contributed by atoms with van der Waals surface area (Å²) < 4.78 is 45.2. The average Bonchev–Trinajstić information content (AvgIpc) is 3.45. The minimum atomic E-state index is -4.49. The summed E-state index contributed by atoms with van der Waals surface area (Å²) in [5.41, 5.74) is 0.853. The highest BCUT2D eigenvalue weighted by Crippen LogP contribution is 2.36. The number of hydrogen-bond donors (Lipinski definition) is 1. The van der Waals surface area contributed by atoms with Crippen molar-refractivity contribution < 1.29 is 22.4 Å². The lowest BCUT2D eigenvalue weighted by atomic mass is 10.1. The van der Waals surface area contributed by atoms with Gasteiger partial charge >= 0.3 is 6.18 Å². The fraction of sp³-hybridized carbons (Fsp3) is 0.208. The van der Waals surface area contributed by atoms with E-state index in [1.165, 1.54) is 18.2 Å². The van der Waals surface area contributed by atoms with Gasteiger partial charge in [0, 0.05) is 24.7 Å². The van der Waals surface area contributed by atoms with E-state index >= 15 is 0 Å². The third-order valence-electron chi connectivity index (χ3n) is 5.11. The van der Waals surface area contributed by atoms with Crippen LogP contribution in [-0.4, -0.2) is 19.0 Å². The van der Waals surface area contributed by atoms with E-state index in [-0.39, 0.29) is 5.69 Å². The Morgan fingerprint density at radius 3 is 2.45 bits per heavy atom. The highest BCUT2D eigenvalue weighted by Gasteiger charge is 2.31. The third-order valence-corrected chi connectivity index (χ3v) is 5.11. The summed E-state index contributed by atoms with van der Waals surface area (Å²) in [7, 11) is 0. The Kier molecular flexibility index (Phi) is 5.84. The van der Waals surface area contributed by atoms with Crippen molar-refractivity contribution in [1.82, 2.24) is 0 Å².